The Morgan fingerprint density at radius 1 is 1.15 bits per heavy atom. The maximum atomic E-state index is 5.35. The van der Waals surface area contributed by atoms with Crippen LogP contribution in [0, 0.1) is 5.41 Å². The van der Waals surface area contributed by atoms with E-state index in [2.05, 4.69) is 37.9 Å². The number of nitrogens with one attached hydrogen (secondary N) is 1. The first-order chi connectivity index (χ1) is 9.67. The second-order valence-corrected chi connectivity index (χ2v) is 6.35. The van der Waals surface area contributed by atoms with Gasteiger partial charge >= 0.3 is 0 Å². The minimum atomic E-state index is 0.640. The normalized spacial score (nSPS) is 21.0. The molecule has 1 rings (SSSR count). The van der Waals surface area contributed by atoms with Gasteiger partial charge in [-0.2, -0.15) is 0 Å². The monoisotopic (exact) mass is 284 g/mol. The minimum absolute atomic E-state index is 0.640. The van der Waals surface area contributed by atoms with E-state index in [4.69, 9.17) is 4.74 Å². The number of hydrogen-bond acceptors (Lipinski definition) is 3. The third-order valence-electron chi connectivity index (χ3n) is 5.27. The molecule has 0 radical (unpaired) electrons. The molecular weight excluding hydrogens is 248 g/mol. The summed E-state index contributed by atoms with van der Waals surface area (Å²) in [5.74, 6) is 0. The SMILES string of the molecule is CCOCCCNCC(C)N1CCC(CC)(CC)CC1. The maximum absolute atomic E-state index is 5.35. The van der Waals surface area contributed by atoms with E-state index in [1.54, 1.807) is 0 Å². The standard InChI is InChI=1S/C17H36N2O/c1-5-17(6-2)9-12-19(13-10-17)16(4)15-18-11-8-14-20-7-3/h16,18H,5-15H2,1-4H3. The van der Waals surface area contributed by atoms with Crippen LogP contribution in [0.4, 0.5) is 0 Å². The van der Waals surface area contributed by atoms with Gasteiger partial charge in [-0.05, 0) is 58.2 Å². The number of hydrogen-bond donors (Lipinski definition) is 1. The lowest BCUT2D eigenvalue weighted by molar-refractivity contribution is 0.0706. The van der Waals surface area contributed by atoms with Crippen molar-refractivity contribution in [3.05, 3.63) is 0 Å². The second-order valence-electron chi connectivity index (χ2n) is 6.35. The van der Waals surface area contributed by atoms with Gasteiger partial charge in [0.15, 0.2) is 0 Å². The molecule has 1 aliphatic rings. The van der Waals surface area contributed by atoms with Crippen LogP contribution in [0.5, 0.6) is 0 Å². The van der Waals surface area contributed by atoms with Crippen LogP contribution < -0.4 is 5.32 Å². The lowest BCUT2D eigenvalue weighted by Crippen LogP contribution is -2.47. The van der Waals surface area contributed by atoms with Crippen molar-refractivity contribution in [1.82, 2.24) is 10.2 Å². The molecule has 0 aliphatic carbocycles. The molecule has 120 valence electrons. The van der Waals surface area contributed by atoms with Crippen molar-refractivity contribution >= 4 is 0 Å². The highest BCUT2D eigenvalue weighted by Gasteiger charge is 2.32. The molecule has 1 aliphatic heterocycles. The maximum Gasteiger partial charge on any atom is 0.0477 e. The summed E-state index contributed by atoms with van der Waals surface area (Å²) in [5, 5.41) is 3.57. The van der Waals surface area contributed by atoms with Gasteiger partial charge in [0, 0.05) is 25.8 Å². The molecule has 3 heteroatoms. The molecule has 0 spiro atoms. The first-order valence-electron chi connectivity index (χ1n) is 8.70. The van der Waals surface area contributed by atoms with Gasteiger partial charge in [-0.15, -0.1) is 0 Å². The first-order valence-corrected chi connectivity index (χ1v) is 8.70. The van der Waals surface area contributed by atoms with Crippen LogP contribution >= 0.6 is 0 Å². The van der Waals surface area contributed by atoms with Gasteiger partial charge in [-0.25, -0.2) is 0 Å². The Labute approximate surface area is 126 Å². The summed E-state index contributed by atoms with van der Waals surface area (Å²) in [6.45, 7) is 15.6. The predicted molar refractivity (Wildman–Crippen MR) is 87.3 cm³/mol. The van der Waals surface area contributed by atoms with Gasteiger partial charge in [0.1, 0.15) is 0 Å². The molecule has 1 N–H and O–H groups in total. The molecule has 1 fully saturated rings. The molecule has 1 atom stereocenters. The summed E-state index contributed by atoms with van der Waals surface area (Å²) in [6.07, 6.45) is 6.58. The minimum Gasteiger partial charge on any atom is -0.382 e. The highest BCUT2D eigenvalue weighted by atomic mass is 16.5. The van der Waals surface area contributed by atoms with E-state index in [9.17, 15) is 0 Å². The van der Waals surface area contributed by atoms with Crippen molar-refractivity contribution in [2.75, 3.05) is 39.4 Å². The van der Waals surface area contributed by atoms with Crippen LogP contribution in [0.15, 0.2) is 0 Å². The molecule has 20 heavy (non-hydrogen) atoms. The summed E-state index contributed by atoms with van der Waals surface area (Å²) >= 11 is 0. The fraction of sp³-hybridized carbons (Fsp3) is 1.00. The average Bonchev–Trinajstić information content (AvgIpc) is 2.50. The van der Waals surface area contributed by atoms with Gasteiger partial charge in [-0.1, -0.05) is 26.7 Å². The number of rotatable bonds is 10. The highest BCUT2D eigenvalue weighted by molar-refractivity contribution is 4.86. The van der Waals surface area contributed by atoms with Crippen molar-refractivity contribution in [2.24, 2.45) is 5.41 Å². The van der Waals surface area contributed by atoms with E-state index in [1.807, 2.05) is 0 Å². The van der Waals surface area contributed by atoms with Gasteiger partial charge in [-0.3, -0.25) is 4.90 Å². The molecule has 0 bridgehead atoms. The number of piperidine rings is 1. The van der Waals surface area contributed by atoms with Crippen LogP contribution in [0.2, 0.25) is 0 Å². The van der Waals surface area contributed by atoms with E-state index < -0.39 is 0 Å². The number of likely N-dealkylation sites (tertiary alicyclic amines) is 1. The first kappa shape index (κ1) is 17.9. The predicted octanol–water partition coefficient (Wildman–Crippen LogP) is 3.29. The van der Waals surface area contributed by atoms with Crippen molar-refractivity contribution in [3.8, 4) is 0 Å². The molecule has 0 aromatic rings. The third-order valence-corrected chi connectivity index (χ3v) is 5.27. The molecule has 3 nitrogen and oxygen atoms in total. The number of ether oxygens (including phenoxy) is 1. The largest absolute Gasteiger partial charge is 0.382 e. The zero-order chi connectivity index (χ0) is 14.8. The summed E-state index contributed by atoms with van der Waals surface area (Å²) in [5.41, 5.74) is 0.640. The van der Waals surface area contributed by atoms with Crippen LogP contribution in [0.25, 0.3) is 0 Å². The molecular formula is C17H36N2O. The van der Waals surface area contributed by atoms with E-state index in [-0.39, 0.29) is 0 Å². The Morgan fingerprint density at radius 2 is 1.80 bits per heavy atom. The number of nitrogens with zero attached hydrogens (tertiary/aromatic N) is 1. The van der Waals surface area contributed by atoms with Gasteiger partial charge in [0.05, 0.1) is 0 Å². The smallest absolute Gasteiger partial charge is 0.0477 e. The van der Waals surface area contributed by atoms with Crippen LogP contribution in [0.1, 0.15) is 59.8 Å². The summed E-state index contributed by atoms with van der Waals surface area (Å²) < 4.78 is 5.35. The lowest BCUT2D eigenvalue weighted by atomic mass is 9.74. The van der Waals surface area contributed by atoms with Gasteiger partial charge < -0.3 is 10.1 Å². The van der Waals surface area contributed by atoms with Crippen molar-refractivity contribution in [1.29, 1.82) is 0 Å². The Hall–Kier alpha value is -0.120. The lowest BCUT2D eigenvalue weighted by Gasteiger charge is -2.43. The van der Waals surface area contributed by atoms with Crippen molar-refractivity contribution < 1.29 is 4.74 Å². The molecule has 0 amide bonds. The molecule has 0 aromatic heterocycles. The van der Waals surface area contributed by atoms with E-state index in [0.717, 1.165) is 32.7 Å². The molecule has 0 aromatic carbocycles. The van der Waals surface area contributed by atoms with Crippen LogP contribution in [-0.4, -0.2) is 50.3 Å². The topological polar surface area (TPSA) is 24.5 Å². The molecule has 0 saturated carbocycles. The average molecular weight is 284 g/mol. The Balaban J connectivity index is 2.14. The van der Waals surface area contributed by atoms with Crippen LogP contribution in [0.3, 0.4) is 0 Å². The van der Waals surface area contributed by atoms with Crippen molar-refractivity contribution in [2.45, 2.75) is 65.8 Å². The van der Waals surface area contributed by atoms with Crippen molar-refractivity contribution in [3.63, 3.8) is 0 Å². The fourth-order valence-electron chi connectivity index (χ4n) is 3.28. The Morgan fingerprint density at radius 3 is 2.35 bits per heavy atom. The van der Waals surface area contributed by atoms with E-state index in [0.29, 0.717) is 11.5 Å². The summed E-state index contributed by atoms with van der Waals surface area (Å²) in [6, 6.07) is 0.661. The Kier molecular flexibility index (Phi) is 8.74. The van der Waals surface area contributed by atoms with E-state index >= 15 is 0 Å². The highest BCUT2D eigenvalue weighted by Crippen LogP contribution is 2.38. The zero-order valence-electron chi connectivity index (χ0n) is 14.2. The molecule has 1 unspecified atom stereocenters. The van der Waals surface area contributed by atoms with Crippen LogP contribution in [-0.2, 0) is 4.74 Å². The zero-order valence-corrected chi connectivity index (χ0v) is 14.2. The summed E-state index contributed by atoms with van der Waals surface area (Å²) in [7, 11) is 0. The molecule has 1 saturated heterocycles. The van der Waals surface area contributed by atoms with Gasteiger partial charge in [0.25, 0.3) is 0 Å². The second kappa shape index (κ2) is 9.75. The fourth-order valence-corrected chi connectivity index (χ4v) is 3.28. The summed E-state index contributed by atoms with van der Waals surface area (Å²) in [4.78, 5) is 2.67. The Bertz CT molecular complexity index is 231. The van der Waals surface area contributed by atoms with E-state index in [1.165, 1.54) is 38.8 Å². The molecule has 1 heterocycles. The quantitative estimate of drug-likeness (QED) is 0.623. The van der Waals surface area contributed by atoms with Gasteiger partial charge in [0.2, 0.25) is 0 Å². The third kappa shape index (κ3) is 5.71.